The number of nitrogen functional groups attached to an aromatic ring is 1. The molecule has 0 aliphatic rings. The predicted molar refractivity (Wildman–Crippen MR) is 71.0 cm³/mol. The second kappa shape index (κ2) is 4.52. The lowest BCUT2D eigenvalue weighted by molar-refractivity contribution is 0.571. The van der Waals surface area contributed by atoms with Gasteiger partial charge in [0.15, 0.2) is 0 Å². The van der Waals surface area contributed by atoms with Gasteiger partial charge in [0, 0.05) is 25.5 Å². The summed E-state index contributed by atoms with van der Waals surface area (Å²) < 4.78 is 4.22. The average molecular weight is 241 g/mol. The van der Waals surface area contributed by atoms with Crippen LogP contribution >= 0.6 is 0 Å². The van der Waals surface area contributed by atoms with Crippen LogP contribution in [0, 0.1) is 0 Å². The zero-order valence-electron chi connectivity index (χ0n) is 10.0. The van der Waals surface area contributed by atoms with Gasteiger partial charge >= 0.3 is 0 Å². The number of benzene rings is 1. The van der Waals surface area contributed by atoms with Crippen LogP contribution in [-0.4, -0.2) is 19.1 Å². The van der Waals surface area contributed by atoms with Crippen molar-refractivity contribution in [1.29, 1.82) is 0 Å². The largest absolute Gasteiger partial charge is 0.397 e. The number of para-hydroxylation sites is 1. The van der Waals surface area contributed by atoms with Crippen LogP contribution in [0.2, 0.25) is 0 Å². The number of hydrogen-bond donors (Lipinski definition) is 1. The van der Waals surface area contributed by atoms with Crippen molar-refractivity contribution in [2.24, 2.45) is 0 Å². The highest BCUT2D eigenvalue weighted by Crippen LogP contribution is 2.19. The van der Waals surface area contributed by atoms with Gasteiger partial charge in [-0.05, 0) is 18.6 Å². The van der Waals surface area contributed by atoms with E-state index in [-0.39, 0.29) is 0 Å². The highest BCUT2D eigenvalue weighted by atomic mass is 15.1. The number of fused-ring (bicyclic) bond motifs is 1. The van der Waals surface area contributed by atoms with Gasteiger partial charge in [-0.15, -0.1) is 0 Å². The Kier molecular flexibility index (Phi) is 2.72. The van der Waals surface area contributed by atoms with Gasteiger partial charge in [0.1, 0.15) is 5.52 Å². The van der Waals surface area contributed by atoms with Gasteiger partial charge in [-0.2, -0.15) is 0 Å². The smallest absolute Gasteiger partial charge is 0.111 e. The Bertz CT molecular complexity index is 639. The number of nitrogens with zero attached hydrogens (tertiary/aromatic N) is 4. The number of aromatic nitrogens is 4. The Morgan fingerprint density at radius 3 is 2.94 bits per heavy atom. The molecular weight excluding hydrogens is 226 g/mol. The molecule has 0 radical (unpaired) electrons. The summed E-state index contributed by atoms with van der Waals surface area (Å²) >= 11 is 0. The maximum atomic E-state index is 5.89. The molecule has 0 saturated carbocycles. The molecule has 0 fully saturated rings. The number of rotatable bonds is 4. The lowest BCUT2D eigenvalue weighted by atomic mass is 10.2. The van der Waals surface area contributed by atoms with Crippen molar-refractivity contribution in [3.63, 3.8) is 0 Å². The molecule has 18 heavy (non-hydrogen) atoms. The molecule has 0 atom stereocenters. The minimum absolute atomic E-state index is 0.737. The van der Waals surface area contributed by atoms with Gasteiger partial charge in [0.2, 0.25) is 0 Å². The molecule has 0 aliphatic heterocycles. The Morgan fingerprint density at radius 2 is 2.11 bits per heavy atom. The summed E-state index contributed by atoms with van der Waals surface area (Å²) in [7, 11) is 0. The van der Waals surface area contributed by atoms with E-state index in [1.54, 1.807) is 6.20 Å². The van der Waals surface area contributed by atoms with E-state index >= 15 is 0 Å². The fourth-order valence-electron chi connectivity index (χ4n) is 2.13. The third-order valence-corrected chi connectivity index (χ3v) is 3.06. The van der Waals surface area contributed by atoms with Crippen LogP contribution < -0.4 is 5.73 Å². The van der Waals surface area contributed by atoms with E-state index in [4.69, 9.17) is 5.73 Å². The quantitative estimate of drug-likeness (QED) is 0.710. The summed E-state index contributed by atoms with van der Waals surface area (Å²) in [5.41, 5.74) is 8.61. The normalized spacial score (nSPS) is 11.1. The predicted octanol–water partition coefficient (Wildman–Crippen LogP) is 1.91. The Labute approximate surface area is 105 Å². The number of imidazole rings is 2. The van der Waals surface area contributed by atoms with Gasteiger partial charge < -0.3 is 14.9 Å². The van der Waals surface area contributed by atoms with E-state index in [9.17, 15) is 0 Å². The Balaban J connectivity index is 1.73. The molecule has 0 spiro atoms. The molecule has 0 amide bonds. The molecule has 2 N–H and O–H groups in total. The van der Waals surface area contributed by atoms with Crippen LogP contribution in [0.15, 0.2) is 43.2 Å². The van der Waals surface area contributed by atoms with Crippen molar-refractivity contribution in [2.75, 3.05) is 5.73 Å². The first-order valence-electron chi connectivity index (χ1n) is 5.99. The molecule has 0 unspecified atom stereocenters. The zero-order valence-corrected chi connectivity index (χ0v) is 10.0. The van der Waals surface area contributed by atoms with Gasteiger partial charge in [-0.3, -0.25) is 0 Å². The lowest BCUT2D eigenvalue weighted by Crippen LogP contribution is -2.01. The van der Waals surface area contributed by atoms with Gasteiger partial charge in [-0.1, -0.05) is 6.07 Å². The van der Waals surface area contributed by atoms with E-state index < -0.39 is 0 Å². The van der Waals surface area contributed by atoms with E-state index in [2.05, 4.69) is 25.2 Å². The van der Waals surface area contributed by atoms with Gasteiger partial charge in [0.25, 0.3) is 0 Å². The van der Waals surface area contributed by atoms with E-state index in [0.717, 1.165) is 36.2 Å². The fourth-order valence-corrected chi connectivity index (χ4v) is 2.13. The molecule has 5 nitrogen and oxygen atoms in total. The third kappa shape index (κ3) is 1.95. The van der Waals surface area contributed by atoms with Gasteiger partial charge in [-0.25, -0.2) is 9.97 Å². The number of nitrogens with two attached hydrogens (primary N) is 1. The van der Waals surface area contributed by atoms with Crippen molar-refractivity contribution >= 4 is 16.7 Å². The van der Waals surface area contributed by atoms with E-state index in [0.29, 0.717) is 0 Å². The molecule has 2 heterocycles. The highest BCUT2D eigenvalue weighted by Gasteiger charge is 2.04. The minimum atomic E-state index is 0.737. The van der Waals surface area contributed by atoms with Crippen LogP contribution in [-0.2, 0) is 13.1 Å². The summed E-state index contributed by atoms with van der Waals surface area (Å²) in [6.45, 7) is 1.89. The number of anilines is 1. The molecule has 3 aromatic rings. The van der Waals surface area contributed by atoms with Crippen LogP contribution in [0.25, 0.3) is 11.0 Å². The van der Waals surface area contributed by atoms with Crippen molar-refractivity contribution in [1.82, 2.24) is 19.1 Å². The zero-order chi connectivity index (χ0) is 12.4. The first-order chi connectivity index (χ1) is 8.84. The lowest BCUT2D eigenvalue weighted by Gasteiger charge is -2.05. The molecule has 92 valence electrons. The molecule has 0 bridgehead atoms. The first kappa shape index (κ1) is 10.8. The monoisotopic (exact) mass is 241 g/mol. The standard InChI is InChI=1S/C13H15N5/c14-11-3-1-4-12-13(11)16-10-18(12)7-2-6-17-8-5-15-9-17/h1,3-5,8-10H,2,6-7,14H2. The summed E-state index contributed by atoms with van der Waals surface area (Å²) in [5.74, 6) is 0. The third-order valence-electron chi connectivity index (χ3n) is 3.06. The maximum absolute atomic E-state index is 5.89. The van der Waals surface area contributed by atoms with Crippen LogP contribution in [0.5, 0.6) is 0 Å². The number of aryl methyl sites for hydroxylation is 2. The topological polar surface area (TPSA) is 61.7 Å². The molecule has 1 aromatic carbocycles. The van der Waals surface area contributed by atoms with E-state index in [1.807, 2.05) is 31.0 Å². The first-order valence-corrected chi connectivity index (χ1v) is 5.99. The molecular formula is C13H15N5. The maximum Gasteiger partial charge on any atom is 0.111 e. The molecule has 0 saturated heterocycles. The average Bonchev–Trinajstić information content (AvgIpc) is 3.00. The molecule has 2 aromatic heterocycles. The van der Waals surface area contributed by atoms with Crippen LogP contribution in [0.3, 0.4) is 0 Å². The Hall–Kier alpha value is -2.30. The number of hydrogen-bond acceptors (Lipinski definition) is 3. The second-order valence-corrected chi connectivity index (χ2v) is 4.31. The van der Waals surface area contributed by atoms with Crippen LogP contribution in [0.1, 0.15) is 6.42 Å². The molecule has 5 heteroatoms. The molecule has 0 aliphatic carbocycles. The van der Waals surface area contributed by atoms with Crippen molar-refractivity contribution in [3.05, 3.63) is 43.2 Å². The SMILES string of the molecule is Nc1cccc2c1ncn2CCCn1ccnc1. The second-order valence-electron chi connectivity index (χ2n) is 4.31. The van der Waals surface area contributed by atoms with Gasteiger partial charge in [0.05, 0.1) is 23.9 Å². The summed E-state index contributed by atoms with van der Waals surface area (Å²) in [5, 5.41) is 0. The molecule has 3 rings (SSSR count). The summed E-state index contributed by atoms with van der Waals surface area (Å²) in [4.78, 5) is 8.38. The van der Waals surface area contributed by atoms with Crippen molar-refractivity contribution < 1.29 is 0 Å². The summed E-state index contributed by atoms with van der Waals surface area (Å²) in [6, 6.07) is 5.90. The fraction of sp³-hybridized carbons (Fsp3) is 0.231. The van der Waals surface area contributed by atoms with Crippen molar-refractivity contribution in [2.45, 2.75) is 19.5 Å². The van der Waals surface area contributed by atoms with E-state index in [1.165, 1.54) is 0 Å². The highest BCUT2D eigenvalue weighted by molar-refractivity contribution is 5.86. The van der Waals surface area contributed by atoms with Crippen molar-refractivity contribution in [3.8, 4) is 0 Å². The summed E-state index contributed by atoms with van der Waals surface area (Å²) in [6.07, 6.45) is 8.51. The minimum Gasteiger partial charge on any atom is -0.397 e. The Morgan fingerprint density at radius 1 is 1.17 bits per heavy atom. The van der Waals surface area contributed by atoms with Crippen LogP contribution in [0.4, 0.5) is 5.69 Å².